The van der Waals surface area contributed by atoms with Crippen molar-refractivity contribution >= 4 is 0 Å². The molecule has 0 spiro atoms. The van der Waals surface area contributed by atoms with Crippen LogP contribution < -0.4 is 0 Å². The first-order valence-electron chi connectivity index (χ1n) is 10.2. The Morgan fingerprint density at radius 1 is 1.13 bits per heavy atom. The average Bonchev–Trinajstić information content (AvgIpc) is 2.89. The molecule has 0 aliphatic heterocycles. The van der Waals surface area contributed by atoms with Crippen LogP contribution in [0.2, 0.25) is 0 Å². The Hall–Kier alpha value is -0.780. The van der Waals surface area contributed by atoms with Gasteiger partial charge in [0.25, 0.3) is 0 Å². The zero-order chi connectivity index (χ0) is 16.0. The highest BCUT2D eigenvalue weighted by molar-refractivity contribution is 5.37. The van der Waals surface area contributed by atoms with E-state index in [1.54, 1.807) is 11.1 Å². The van der Waals surface area contributed by atoms with Crippen molar-refractivity contribution in [3.8, 4) is 0 Å². The van der Waals surface area contributed by atoms with Crippen LogP contribution in [0.15, 0.2) is 18.2 Å². The van der Waals surface area contributed by atoms with Crippen LogP contribution in [0.5, 0.6) is 0 Å². The molecule has 3 aliphatic rings. The molecule has 0 amide bonds. The molecule has 0 bridgehead atoms. The summed E-state index contributed by atoms with van der Waals surface area (Å²) in [6, 6.07) is 7.31. The third-order valence-corrected chi connectivity index (χ3v) is 7.98. The maximum absolute atomic E-state index is 2.67. The van der Waals surface area contributed by atoms with E-state index in [-0.39, 0.29) is 0 Å². The van der Waals surface area contributed by atoms with Crippen LogP contribution in [0.25, 0.3) is 0 Å². The van der Waals surface area contributed by atoms with Gasteiger partial charge in [0.05, 0.1) is 0 Å². The molecule has 0 radical (unpaired) electrons. The molecule has 1 aromatic carbocycles. The molecule has 2 saturated carbocycles. The van der Waals surface area contributed by atoms with Crippen LogP contribution in [0, 0.1) is 30.1 Å². The quantitative estimate of drug-likeness (QED) is 0.585. The van der Waals surface area contributed by atoms with Gasteiger partial charge in [-0.1, -0.05) is 50.5 Å². The van der Waals surface area contributed by atoms with Gasteiger partial charge in [0, 0.05) is 0 Å². The van der Waals surface area contributed by atoms with E-state index in [4.69, 9.17) is 0 Å². The minimum atomic E-state index is 0.665. The van der Waals surface area contributed by atoms with E-state index >= 15 is 0 Å². The standard InChI is InChI=1S/C23H34/c1-4-5-6-18-9-12-22-21-11-8-17-15-16(2)7-10-19(17)20(21)13-14-23(18,22)3/h7,10,15,18,20-22H,4-6,8-9,11-14H2,1-3H3/t18-,20?,21?,22?,23-/m0/s1. The van der Waals surface area contributed by atoms with Crippen molar-refractivity contribution in [2.24, 2.45) is 23.2 Å². The molecule has 5 atom stereocenters. The monoisotopic (exact) mass is 310 g/mol. The van der Waals surface area contributed by atoms with Crippen molar-refractivity contribution in [1.29, 1.82) is 0 Å². The molecule has 0 heterocycles. The summed E-state index contributed by atoms with van der Waals surface area (Å²) in [5.41, 5.74) is 5.52. The molecule has 126 valence electrons. The first-order chi connectivity index (χ1) is 11.1. The van der Waals surface area contributed by atoms with Gasteiger partial charge in [0.15, 0.2) is 0 Å². The topological polar surface area (TPSA) is 0 Å². The van der Waals surface area contributed by atoms with Crippen LogP contribution in [-0.2, 0) is 6.42 Å². The molecule has 3 unspecified atom stereocenters. The average molecular weight is 311 g/mol. The lowest BCUT2D eigenvalue weighted by Crippen LogP contribution is -2.42. The lowest BCUT2D eigenvalue weighted by Gasteiger charge is -2.51. The highest BCUT2D eigenvalue weighted by atomic mass is 14.6. The third kappa shape index (κ3) is 2.48. The summed E-state index contributed by atoms with van der Waals surface area (Å²) in [7, 11) is 0. The molecular weight excluding hydrogens is 276 g/mol. The molecule has 1 aromatic rings. The maximum atomic E-state index is 2.67. The van der Waals surface area contributed by atoms with Gasteiger partial charge in [-0.25, -0.2) is 0 Å². The van der Waals surface area contributed by atoms with Gasteiger partial charge >= 0.3 is 0 Å². The van der Waals surface area contributed by atoms with Crippen LogP contribution in [-0.4, -0.2) is 0 Å². The van der Waals surface area contributed by atoms with E-state index in [0.717, 1.165) is 23.7 Å². The SMILES string of the molecule is CCCC[C@H]1CCC2C3CCc4cc(C)ccc4C3CC[C@]21C. The molecule has 0 heteroatoms. The van der Waals surface area contributed by atoms with Gasteiger partial charge in [-0.2, -0.15) is 0 Å². The summed E-state index contributed by atoms with van der Waals surface area (Å²) >= 11 is 0. The molecule has 0 aromatic heterocycles. The lowest BCUT2D eigenvalue weighted by atomic mass is 9.54. The molecule has 4 rings (SSSR count). The smallest absolute Gasteiger partial charge is 0.0128 e. The number of unbranched alkanes of at least 4 members (excludes halogenated alkanes) is 1. The first kappa shape index (κ1) is 15.7. The Bertz CT molecular complexity index is 571. The van der Waals surface area contributed by atoms with Gasteiger partial charge in [0.2, 0.25) is 0 Å². The van der Waals surface area contributed by atoms with E-state index in [1.807, 2.05) is 0 Å². The number of fused-ring (bicyclic) bond motifs is 5. The zero-order valence-corrected chi connectivity index (χ0v) is 15.4. The van der Waals surface area contributed by atoms with Gasteiger partial charge in [0.1, 0.15) is 0 Å². The van der Waals surface area contributed by atoms with Crippen molar-refractivity contribution in [2.75, 3.05) is 0 Å². The fraction of sp³-hybridized carbons (Fsp3) is 0.739. The molecule has 2 fully saturated rings. The van der Waals surface area contributed by atoms with Gasteiger partial charge in [-0.05, 0) is 92.1 Å². The largest absolute Gasteiger partial charge is 0.0654 e. The van der Waals surface area contributed by atoms with E-state index < -0.39 is 0 Å². The number of aryl methyl sites for hydroxylation is 2. The first-order valence-corrected chi connectivity index (χ1v) is 10.2. The van der Waals surface area contributed by atoms with Crippen LogP contribution in [0.4, 0.5) is 0 Å². The Morgan fingerprint density at radius 3 is 2.83 bits per heavy atom. The Balaban J connectivity index is 1.59. The van der Waals surface area contributed by atoms with Crippen molar-refractivity contribution < 1.29 is 0 Å². The lowest BCUT2D eigenvalue weighted by molar-refractivity contribution is 0.0253. The van der Waals surface area contributed by atoms with Gasteiger partial charge < -0.3 is 0 Å². The fourth-order valence-corrected chi connectivity index (χ4v) is 6.74. The second-order valence-corrected chi connectivity index (χ2v) is 9.08. The van der Waals surface area contributed by atoms with Crippen molar-refractivity contribution in [1.82, 2.24) is 0 Å². The highest BCUT2D eigenvalue weighted by Crippen LogP contribution is 2.63. The second kappa shape index (κ2) is 5.94. The summed E-state index contributed by atoms with van der Waals surface area (Å²) in [4.78, 5) is 0. The number of rotatable bonds is 3. The number of hydrogen-bond donors (Lipinski definition) is 0. The Labute approximate surface area is 143 Å². The van der Waals surface area contributed by atoms with E-state index in [1.165, 1.54) is 63.4 Å². The van der Waals surface area contributed by atoms with Crippen molar-refractivity contribution in [3.05, 3.63) is 34.9 Å². The molecule has 0 saturated heterocycles. The van der Waals surface area contributed by atoms with Crippen LogP contribution in [0.3, 0.4) is 0 Å². The summed E-state index contributed by atoms with van der Waals surface area (Å²) in [6.07, 6.45) is 13.1. The fourth-order valence-electron chi connectivity index (χ4n) is 6.74. The van der Waals surface area contributed by atoms with Gasteiger partial charge in [-0.15, -0.1) is 0 Å². The van der Waals surface area contributed by atoms with Gasteiger partial charge in [-0.3, -0.25) is 0 Å². The summed E-state index contributed by atoms with van der Waals surface area (Å²) in [5, 5.41) is 0. The zero-order valence-electron chi connectivity index (χ0n) is 15.4. The molecule has 23 heavy (non-hydrogen) atoms. The van der Waals surface area contributed by atoms with E-state index in [9.17, 15) is 0 Å². The van der Waals surface area contributed by atoms with Crippen molar-refractivity contribution in [2.45, 2.75) is 84.5 Å². The second-order valence-electron chi connectivity index (χ2n) is 9.08. The summed E-state index contributed by atoms with van der Waals surface area (Å²) in [6.45, 7) is 7.28. The number of benzene rings is 1. The minimum Gasteiger partial charge on any atom is -0.0654 e. The molecule has 3 aliphatic carbocycles. The van der Waals surface area contributed by atoms with E-state index in [2.05, 4.69) is 39.0 Å². The third-order valence-electron chi connectivity index (χ3n) is 7.98. The predicted molar refractivity (Wildman–Crippen MR) is 98.8 cm³/mol. The maximum Gasteiger partial charge on any atom is -0.0128 e. The Kier molecular flexibility index (Phi) is 4.06. The highest BCUT2D eigenvalue weighted by Gasteiger charge is 2.54. The molecular formula is C23H34. The van der Waals surface area contributed by atoms with Crippen LogP contribution >= 0.6 is 0 Å². The summed E-state index contributed by atoms with van der Waals surface area (Å²) in [5.74, 6) is 3.89. The van der Waals surface area contributed by atoms with E-state index in [0.29, 0.717) is 5.41 Å². The number of hydrogen-bond acceptors (Lipinski definition) is 0. The minimum absolute atomic E-state index is 0.665. The predicted octanol–water partition coefficient (Wildman–Crippen LogP) is 6.66. The molecule has 0 N–H and O–H groups in total. The summed E-state index contributed by atoms with van der Waals surface area (Å²) < 4.78 is 0. The molecule has 0 nitrogen and oxygen atoms in total. The van der Waals surface area contributed by atoms with Crippen molar-refractivity contribution in [3.63, 3.8) is 0 Å². The normalized spacial score (nSPS) is 38.7. The Morgan fingerprint density at radius 2 is 2.00 bits per heavy atom. The van der Waals surface area contributed by atoms with Crippen LogP contribution in [0.1, 0.15) is 87.8 Å².